The van der Waals surface area contributed by atoms with Crippen molar-refractivity contribution in [2.45, 2.75) is 40.2 Å². The molecule has 0 aliphatic carbocycles. The number of benzene rings is 1. The van der Waals surface area contributed by atoms with Gasteiger partial charge in [0.2, 0.25) is 0 Å². The summed E-state index contributed by atoms with van der Waals surface area (Å²) in [6, 6.07) is 4.60. The summed E-state index contributed by atoms with van der Waals surface area (Å²) < 4.78 is 7.93. The lowest BCUT2D eigenvalue weighted by molar-refractivity contribution is 0.409. The number of aromatic nitrogens is 2. The van der Waals surface area contributed by atoms with Gasteiger partial charge in [-0.3, -0.25) is 0 Å². The van der Waals surface area contributed by atoms with Crippen LogP contribution in [0.15, 0.2) is 24.5 Å². The largest absolute Gasteiger partial charge is 0.425 e. The molecule has 0 amide bonds. The Morgan fingerprint density at radius 1 is 1.37 bits per heavy atom. The van der Waals surface area contributed by atoms with E-state index < -0.39 is 0 Å². The molecule has 1 aromatic heterocycles. The highest BCUT2D eigenvalue weighted by atomic mass is 16.5. The average Bonchev–Trinajstić information content (AvgIpc) is 2.80. The van der Waals surface area contributed by atoms with Crippen LogP contribution in [-0.4, -0.2) is 9.55 Å². The van der Waals surface area contributed by atoms with Gasteiger partial charge in [0.1, 0.15) is 5.75 Å². The first-order valence-electron chi connectivity index (χ1n) is 6.62. The van der Waals surface area contributed by atoms with Crippen LogP contribution in [0.5, 0.6) is 11.8 Å². The van der Waals surface area contributed by atoms with E-state index in [2.05, 4.69) is 25.8 Å². The number of anilines is 1. The molecule has 0 spiro atoms. The van der Waals surface area contributed by atoms with Crippen molar-refractivity contribution >= 4 is 5.69 Å². The van der Waals surface area contributed by atoms with Gasteiger partial charge in [0.15, 0.2) is 0 Å². The number of aryl methyl sites for hydroxylation is 2. The SMILES string of the molecule is CCn1ccnc1Oc1cc(C)c(N)cc1C(C)C. The van der Waals surface area contributed by atoms with Gasteiger partial charge < -0.3 is 15.0 Å². The zero-order valence-corrected chi connectivity index (χ0v) is 12.0. The van der Waals surface area contributed by atoms with E-state index in [9.17, 15) is 0 Å². The smallest absolute Gasteiger partial charge is 0.301 e. The minimum Gasteiger partial charge on any atom is -0.425 e. The summed E-state index contributed by atoms with van der Waals surface area (Å²) in [6.45, 7) is 9.14. The second-order valence-corrected chi connectivity index (χ2v) is 5.00. The van der Waals surface area contributed by atoms with Crippen molar-refractivity contribution in [2.75, 3.05) is 5.73 Å². The number of nitrogens with two attached hydrogens (primary N) is 1. The maximum Gasteiger partial charge on any atom is 0.301 e. The van der Waals surface area contributed by atoms with Gasteiger partial charge in [-0.05, 0) is 43.0 Å². The van der Waals surface area contributed by atoms with Crippen molar-refractivity contribution in [2.24, 2.45) is 0 Å². The first-order chi connectivity index (χ1) is 9.02. The zero-order chi connectivity index (χ0) is 14.0. The summed E-state index contributed by atoms with van der Waals surface area (Å²) in [4.78, 5) is 4.24. The molecule has 0 atom stereocenters. The Balaban J connectivity index is 2.41. The number of nitrogen functional groups attached to an aromatic ring is 1. The average molecular weight is 259 g/mol. The minimum absolute atomic E-state index is 0.350. The molecule has 0 radical (unpaired) electrons. The van der Waals surface area contributed by atoms with E-state index in [4.69, 9.17) is 10.5 Å². The summed E-state index contributed by atoms with van der Waals surface area (Å²) in [5.74, 6) is 1.19. The van der Waals surface area contributed by atoms with E-state index in [0.29, 0.717) is 11.9 Å². The number of imidazole rings is 1. The molecular weight excluding hydrogens is 238 g/mol. The maximum absolute atomic E-state index is 5.98. The zero-order valence-electron chi connectivity index (χ0n) is 12.0. The van der Waals surface area contributed by atoms with Gasteiger partial charge in [0.25, 0.3) is 0 Å². The van der Waals surface area contributed by atoms with E-state index in [-0.39, 0.29) is 0 Å². The molecule has 0 unspecified atom stereocenters. The number of hydrogen-bond acceptors (Lipinski definition) is 3. The van der Waals surface area contributed by atoms with Crippen LogP contribution in [0.4, 0.5) is 5.69 Å². The Morgan fingerprint density at radius 3 is 2.74 bits per heavy atom. The second kappa shape index (κ2) is 5.34. The second-order valence-electron chi connectivity index (χ2n) is 5.00. The molecule has 4 nitrogen and oxygen atoms in total. The molecule has 0 bridgehead atoms. The Hall–Kier alpha value is -1.97. The summed E-state index contributed by atoms with van der Waals surface area (Å²) in [5, 5.41) is 0. The number of rotatable bonds is 4. The van der Waals surface area contributed by atoms with Crippen molar-refractivity contribution in [3.63, 3.8) is 0 Å². The fourth-order valence-corrected chi connectivity index (χ4v) is 1.99. The van der Waals surface area contributed by atoms with Crippen molar-refractivity contribution in [1.29, 1.82) is 0 Å². The van der Waals surface area contributed by atoms with Crippen molar-refractivity contribution in [1.82, 2.24) is 9.55 Å². The predicted octanol–water partition coefficient (Wildman–Crippen LogP) is 3.71. The third-order valence-electron chi connectivity index (χ3n) is 3.24. The van der Waals surface area contributed by atoms with E-state index in [1.807, 2.05) is 29.8 Å². The molecule has 0 saturated carbocycles. The third kappa shape index (κ3) is 2.72. The number of ether oxygens (including phenoxy) is 1. The van der Waals surface area contributed by atoms with Gasteiger partial charge in [-0.25, -0.2) is 4.98 Å². The van der Waals surface area contributed by atoms with Crippen LogP contribution in [0.3, 0.4) is 0 Å². The molecule has 0 aliphatic heterocycles. The molecule has 19 heavy (non-hydrogen) atoms. The first kappa shape index (κ1) is 13.5. The quantitative estimate of drug-likeness (QED) is 0.851. The minimum atomic E-state index is 0.350. The Morgan fingerprint density at radius 2 is 2.11 bits per heavy atom. The van der Waals surface area contributed by atoms with Gasteiger partial charge in [0.05, 0.1) is 0 Å². The summed E-state index contributed by atoms with van der Waals surface area (Å²) in [5.41, 5.74) is 8.91. The predicted molar refractivity (Wildman–Crippen MR) is 77.7 cm³/mol. The van der Waals surface area contributed by atoms with E-state index in [1.165, 1.54) is 0 Å². The molecule has 102 valence electrons. The van der Waals surface area contributed by atoms with Crippen molar-refractivity contribution in [3.8, 4) is 11.8 Å². The number of hydrogen-bond donors (Lipinski definition) is 1. The summed E-state index contributed by atoms with van der Waals surface area (Å²) in [6.07, 6.45) is 3.66. The van der Waals surface area contributed by atoms with Crippen LogP contribution >= 0.6 is 0 Å². The van der Waals surface area contributed by atoms with Gasteiger partial charge in [0, 0.05) is 24.6 Å². The Bertz CT molecular complexity index is 573. The monoisotopic (exact) mass is 259 g/mol. The van der Waals surface area contributed by atoms with E-state index >= 15 is 0 Å². The van der Waals surface area contributed by atoms with Crippen LogP contribution in [0.2, 0.25) is 0 Å². The molecule has 1 aromatic carbocycles. The highest BCUT2D eigenvalue weighted by Crippen LogP contribution is 2.33. The Kier molecular flexibility index (Phi) is 3.79. The third-order valence-corrected chi connectivity index (χ3v) is 3.24. The molecule has 0 saturated heterocycles. The highest BCUT2D eigenvalue weighted by molar-refractivity contribution is 5.55. The van der Waals surface area contributed by atoms with Crippen LogP contribution in [0.25, 0.3) is 0 Å². The lowest BCUT2D eigenvalue weighted by atomic mass is 9.99. The van der Waals surface area contributed by atoms with E-state index in [1.54, 1.807) is 6.20 Å². The summed E-state index contributed by atoms with van der Waals surface area (Å²) in [7, 11) is 0. The molecule has 2 N–H and O–H groups in total. The van der Waals surface area contributed by atoms with E-state index in [0.717, 1.165) is 29.1 Å². The fraction of sp³-hybridized carbons (Fsp3) is 0.400. The van der Waals surface area contributed by atoms with Crippen LogP contribution in [0, 0.1) is 6.92 Å². The standard InChI is InChI=1S/C15H21N3O/c1-5-18-7-6-17-15(18)19-14-8-11(4)13(16)9-12(14)10(2)3/h6-10H,5,16H2,1-4H3. The van der Waals surface area contributed by atoms with Crippen molar-refractivity contribution in [3.05, 3.63) is 35.7 Å². The van der Waals surface area contributed by atoms with Crippen LogP contribution < -0.4 is 10.5 Å². The van der Waals surface area contributed by atoms with Gasteiger partial charge in [-0.1, -0.05) is 13.8 Å². The van der Waals surface area contributed by atoms with Gasteiger partial charge >= 0.3 is 6.01 Å². The normalized spacial score (nSPS) is 11.0. The molecule has 0 fully saturated rings. The lowest BCUT2D eigenvalue weighted by Gasteiger charge is -2.16. The topological polar surface area (TPSA) is 53.1 Å². The molecule has 1 heterocycles. The maximum atomic E-state index is 5.98. The molecule has 2 aromatic rings. The molecule has 4 heteroatoms. The Labute approximate surface area is 114 Å². The molecular formula is C15H21N3O. The van der Waals surface area contributed by atoms with Gasteiger partial charge in [-0.15, -0.1) is 0 Å². The van der Waals surface area contributed by atoms with Crippen LogP contribution in [0.1, 0.15) is 37.8 Å². The highest BCUT2D eigenvalue weighted by Gasteiger charge is 2.13. The molecule has 2 rings (SSSR count). The molecule has 0 aliphatic rings. The van der Waals surface area contributed by atoms with Crippen molar-refractivity contribution < 1.29 is 4.74 Å². The summed E-state index contributed by atoms with van der Waals surface area (Å²) >= 11 is 0. The fourth-order valence-electron chi connectivity index (χ4n) is 1.99. The van der Waals surface area contributed by atoms with Crippen LogP contribution in [-0.2, 0) is 6.54 Å². The lowest BCUT2D eigenvalue weighted by Crippen LogP contribution is -2.02. The first-order valence-corrected chi connectivity index (χ1v) is 6.62. The number of nitrogens with zero attached hydrogens (tertiary/aromatic N) is 2. The van der Waals surface area contributed by atoms with Gasteiger partial charge in [-0.2, -0.15) is 0 Å².